The van der Waals surface area contributed by atoms with Crippen molar-refractivity contribution in [1.82, 2.24) is 9.97 Å². The molecule has 0 aliphatic carbocycles. The van der Waals surface area contributed by atoms with Crippen molar-refractivity contribution in [3.63, 3.8) is 0 Å². The maximum atomic E-state index is 13.0. The van der Waals surface area contributed by atoms with Crippen LogP contribution in [0.2, 0.25) is 5.02 Å². The second-order valence-electron chi connectivity index (χ2n) is 8.08. The number of amides is 1. The second-order valence-corrected chi connectivity index (χ2v) is 9.35. The number of aromatic nitrogens is 2. The number of esters is 1. The largest absolute Gasteiger partial charge is 0.452 e. The van der Waals surface area contributed by atoms with Crippen LogP contribution in [0.25, 0.3) is 33.4 Å². The van der Waals surface area contributed by atoms with E-state index in [9.17, 15) is 9.59 Å². The van der Waals surface area contributed by atoms with Crippen molar-refractivity contribution in [3.8, 4) is 22.5 Å². The fourth-order valence-corrected chi connectivity index (χ4v) is 4.67. The lowest BCUT2D eigenvalue weighted by Gasteiger charge is -2.11. The van der Waals surface area contributed by atoms with Crippen LogP contribution in [-0.2, 0) is 9.53 Å². The highest BCUT2D eigenvalue weighted by atomic mass is 35.5. The second kappa shape index (κ2) is 10.3. The van der Waals surface area contributed by atoms with E-state index in [1.807, 2.05) is 73.0 Å². The van der Waals surface area contributed by atoms with Gasteiger partial charge in [-0.1, -0.05) is 77.8 Å². The van der Waals surface area contributed by atoms with Gasteiger partial charge in [-0.05, 0) is 25.1 Å². The molecule has 0 saturated carbocycles. The van der Waals surface area contributed by atoms with Gasteiger partial charge in [0.05, 0.1) is 22.5 Å². The number of para-hydroxylation sites is 1. The van der Waals surface area contributed by atoms with E-state index in [4.69, 9.17) is 16.3 Å². The van der Waals surface area contributed by atoms with Gasteiger partial charge in [-0.2, -0.15) is 0 Å². The molecule has 0 radical (unpaired) electrons. The third kappa shape index (κ3) is 5.12. The summed E-state index contributed by atoms with van der Waals surface area (Å²) in [5.74, 6) is -1.10. The Labute approximate surface area is 216 Å². The highest BCUT2D eigenvalue weighted by molar-refractivity contribution is 7.14. The number of nitrogens with one attached hydrogen (secondary N) is 1. The quantitative estimate of drug-likeness (QED) is 0.253. The van der Waals surface area contributed by atoms with E-state index in [2.05, 4.69) is 15.3 Å². The summed E-state index contributed by atoms with van der Waals surface area (Å²) >= 11 is 7.66. The summed E-state index contributed by atoms with van der Waals surface area (Å²) in [6.07, 6.45) is 0. The van der Waals surface area contributed by atoms with E-state index in [-0.39, 0.29) is 0 Å². The molecule has 0 fully saturated rings. The number of anilines is 1. The number of carbonyl (C=O) groups is 2. The van der Waals surface area contributed by atoms with E-state index >= 15 is 0 Å². The van der Waals surface area contributed by atoms with Gasteiger partial charge in [-0.3, -0.25) is 10.1 Å². The lowest BCUT2D eigenvalue weighted by Crippen LogP contribution is -2.21. The van der Waals surface area contributed by atoms with Gasteiger partial charge >= 0.3 is 5.97 Å². The monoisotopic (exact) mass is 513 g/mol. The van der Waals surface area contributed by atoms with Crippen LogP contribution < -0.4 is 5.32 Å². The van der Waals surface area contributed by atoms with E-state index in [0.717, 1.165) is 16.8 Å². The van der Waals surface area contributed by atoms with Crippen LogP contribution in [0.4, 0.5) is 5.13 Å². The van der Waals surface area contributed by atoms with Crippen molar-refractivity contribution in [3.05, 3.63) is 100 Å². The first-order chi connectivity index (χ1) is 17.5. The number of benzene rings is 3. The molecule has 0 aliphatic rings. The number of aryl methyl sites for hydroxylation is 1. The molecule has 36 heavy (non-hydrogen) atoms. The smallest absolute Gasteiger partial charge is 0.339 e. The normalized spacial score (nSPS) is 10.8. The van der Waals surface area contributed by atoms with Gasteiger partial charge in [0, 0.05) is 26.9 Å². The summed E-state index contributed by atoms with van der Waals surface area (Å²) in [4.78, 5) is 34.6. The number of fused-ring (bicyclic) bond motifs is 1. The predicted molar refractivity (Wildman–Crippen MR) is 143 cm³/mol. The topological polar surface area (TPSA) is 81.2 Å². The summed E-state index contributed by atoms with van der Waals surface area (Å²) in [5, 5.41) is 6.14. The Hall–Kier alpha value is -4.07. The summed E-state index contributed by atoms with van der Waals surface area (Å²) in [5.41, 5.74) is 5.06. The number of thiazole rings is 1. The zero-order valence-corrected chi connectivity index (χ0v) is 20.8. The van der Waals surface area contributed by atoms with Gasteiger partial charge < -0.3 is 4.74 Å². The maximum absolute atomic E-state index is 13.0. The molecular formula is C28H20ClN3O3S. The Morgan fingerprint density at radius 1 is 0.944 bits per heavy atom. The zero-order chi connectivity index (χ0) is 25.1. The van der Waals surface area contributed by atoms with Gasteiger partial charge in [0.15, 0.2) is 11.7 Å². The van der Waals surface area contributed by atoms with E-state index in [1.54, 1.807) is 18.2 Å². The van der Waals surface area contributed by atoms with Crippen LogP contribution in [0.1, 0.15) is 15.9 Å². The lowest BCUT2D eigenvalue weighted by atomic mass is 10.0. The molecule has 2 aromatic heterocycles. The first-order valence-electron chi connectivity index (χ1n) is 11.1. The summed E-state index contributed by atoms with van der Waals surface area (Å²) in [6, 6.07) is 24.1. The Morgan fingerprint density at radius 2 is 1.69 bits per heavy atom. The number of carbonyl (C=O) groups excluding carboxylic acids is 2. The number of halogens is 1. The molecule has 0 unspecified atom stereocenters. The summed E-state index contributed by atoms with van der Waals surface area (Å²) in [6.45, 7) is 1.57. The molecule has 2 heterocycles. The molecule has 6 nitrogen and oxygen atoms in total. The number of ether oxygens (including phenoxy) is 1. The fourth-order valence-electron chi connectivity index (χ4n) is 3.70. The van der Waals surface area contributed by atoms with Crippen molar-refractivity contribution >= 4 is 50.8 Å². The van der Waals surface area contributed by atoms with Crippen LogP contribution in [-0.4, -0.2) is 28.5 Å². The van der Waals surface area contributed by atoms with Crippen LogP contribution in [0.5, 0.6) is 0 Å². The van der Waals surface area contributed by atoms with Gasteiger partial charge in [0.25, 0.3) is 5.91 Å². The molecule has 0 saturated heterocycles. The summed E-state index contributed by atoms with van der Waals surface area (Å²) < 4.78 is 5.36. The predicted octanol–water partition coefficient (Wildman–Crippen LogP) is 6.78. The number of hydrogen-bond donors (Lipinski definition) is 1. The molecule has 8 heteroatoms. The number of nitrogens with zero attached hydrogens (tertiary/aromatic N) is 2. The highest BCUT2D eigenvalue weighted by Gasteiger charge is 2.18. The van der Waals surface area contributed by atoms with Crippen molar-refractivity contribution in [1.29, 1.82) is 0 Å². The SMILES string of the molecule is Cc1ccc(-c2csc(NC(=O)COC(=O)c3cc(-c4ccccc4Cl)nc4ccccc34)n2)cc1. The zero-order valence-electron chi connectivity index (χ0n) is 19.2. The lowest BCUT2D eigenvalue weighted by molar-refractivity contribution is -0.119. The molecule has 0 aliphatic heterocycles. The molecule has 5 aromatic rings. The molecule has 178 valence electrons. The molecule has 3 aromatic carbocycles. The fraction of sp³-hybridized carbons (Fsp3) is 0.0714. The minimum atomic E-state index is -0.628. The third-order valence-electron chi connectivity index (χ3n) is 5.52. The molecule has 1 amide bonds. The molecule has 1 N–H and O–H groups in total. The van der Waals surface area contributed by atoms with E-state index in [0.29, 0.717) is 37.9 Å². The van der Waals surface area contributed by atoms with Crippen molar-refractivity contribution in [2.24, 2.45) is 0 Å². The third-order valence-corrected chi connectivity index (χ3v) is 6.61. The minimum Gasteiger partial charge on any atom is -0.452 e. The minimum absolute atomic E-state index is 0.305. The Balaban J connectivity index is 1.31. The highest BCUT2D eigenvalue weighted by Crippen LogP contribution is 2.30. The van der Waals surface area contributed by atoms with Gasteiger partial charge in [-0.25, -0.2) is 14.8 Å². The Bertz CT molecular complexity index is 1580. The number of rotatable bonds is 6. The Morgan fingerprint density at radius 3 is 2.50 bits per heavy atom. The Kier molecular flexibility index (Phi) is 6.75. The first kappa shape index (κ1) is 23.7. The molecular weight excluding hydrogens is 494 g/mol. The first-order valence-corrected chi connectivity index (χ1v) is 12.4. The maximum Gasteiger partial charge on any atom is 0.339 e. The molecule has 0 atom stereocenters. The average molecular weight is 514 g/mol. The molecule has 0 bridgehead atoms. The van der Waals surface area contributed by atoms with E-state index in [1.165, 1.54) is 11.3 Å². The van der Waals surface area contributed by atoms with Crippen LogP contribution in [0, 0.1) is 6.92 Å². The number of pyridine rings is 1. The van der Waals surface area contributed by atoms with Gasteiger partial charge in [0.1, 0.15) is 0 Å². The van der Waals surface area contributed by atoms with Crippen LogP contribution in [0.15, 0.2) is 84.2 Å². The van der Waals surface area contributed by atoms with Crippen molar-refractivity contribution < 1.29 is 14.3 Å². The molecule has 0 spiro atoms. The van der Waals surface area contributed by atoms with Gasteiger partial charge in [0.2, 0.25) is 0 Å². The summed E-state index contributed by atoms with van der Waals surface area (Å²) in [7, 11) is 0. The number of hydrogen-bond acceptors (Lipinski definition) is 6. The van der Waals surface area contributed by atoms with Crippen molar-refractivity contribution in [2.45, 2.75) is 6.92 Å². The standard InChI is InChI=1S/C28H20ClN3O3S/c1-17-10-12-18(13-11-17)25-16-36-28(31-25)32-26(33)15-35-27(34)21-14-24(20-7-2-4-8-22(20)29)30-23-9-5-3-6-19(21)23/h2-14,16H,15H2,1H3,(H,31,32,33). The van der Waals surface area contributed by atoms with Gasteiger partial charge in [-0.15, -0.1) is 11.3 Å². The van der Waals surface area contributed by atoms with Crippen molar-refractivity contribution in [2.75, 3.05) is 11.9 Å². The van der Waals surface area contributed by atoms with Crippen LogP contribution in [0.3, 0.4) is 0 Å². The van der Waals surface area contributed by atoms with E-state index < -0.39 is 18.5 Å². The average Bonchev–Trinajstić information content (AvgIpc) is 3.35. The van der Waals surface area contributed by atoms with Crippen LogP contribution >= 0.6 is 22.9 Å². The molecule has 5 rings (SSSR count).